The van der Waals surface area contributed by atoms with Crippen LogP contribution in [-0.4, -0.2) is 40.0 Å². The molecule has 1 N–H and O–H groups in total. The first-order chi connectivity index (χ1) is 13.6. The van der Waals surface area contributed by atoms with Crippen LogP contribution in [0.25, 0.3) is 0 Å². The first kappa shape index (κ1) is 18.3. The van der Waals surface area contributed by atoms with E-state index in [-0.39, 0.29) is 29.2 Å². The molecule has 28 heavy (non-hydrogen) atoms. The van der Waals surface area contributed by atoms with Crippen molar-refractivity contribution in [3.05, 3.63) is 77.9 Å². The number of nitrogens with zero attached hydrogens (tertiary/aromatic N) is 1. The Bertz CT molecular complexity index is 856. The molecule has 2 aromatic carbocycles. The van der Waals surface area contributed by atoms with Gasteiger partial charge in [-0.15, -0.1) is 4.33 Å². The fraction of sp³-hybridized carbons (Fsp3) is 0.391. The number of aliphatic hydroxyl groups is 1. The predicted molar refractivity (Wildman–Crippen MR) is 111 cm³/mol. The third-order valence-electron chi connectivity index (χ3n) is 6.54. The minimum Gasteiger partial charge on any atom is -0.391 e. The fourth-order valence-electron chi connectivity index (χ4n) is 5.32. The van der Waals surface area contributed by atoms with Crippen molar-refractivity contribution in [2.24, 2.45) is 5.92 Å². The van der Waals surface area contributed by atoms with Crippen LogP contribution in [0.3, 0.4) is 0 Å². The summed E-state index contributed by atoms with van der Waals surface area (Å²) >= 11 is 1.39. The molecule has 7 unspecified atom stereocenters. The molecule has 5 rings (SSSR count). The number of para-hydroxylation sites is 1. The highest BCUT2D eigenvalue weighted by Crippen LogP contribution is 2.56. The second kappa shape index (κ2) is 7.23. The van der Waals surface area contributed by atoms with E-state index < -0.39 is 0 Å². The summed E-state index contributed by atoms with van der Waals surface area (Å²) in [4.78, 5) is 7.88. The molecule has 5 heteroatoms. The van der Waals surface area contributed by atoms with Gasteiger partial charge >= 0.3 is 0 Å². The fourth-order valence-corrected chi connectivity index (χ4v) is 6.25. The SMILES string of the molecule is C=C1CN2C3CC(SOOc4ccccc4)C2C1C(c1ccc(C)cc1)C3O. The molecule has 0 radical (unpaired) electrons. The Morgan fingerprint density at radius 3 is 2.57 bits per heavy atom. The number of hydrogen-bond donors (Lipinski definition) is 1. The molecule has 4 nitrogen and oxygen atoms in total. The molecule has 3 heterocycles. The first-order valence-electron chi connectivity index (χ1n) is 9.86. The van der Waals surface area contributed by atoms with Gasteiger partial charge in [-0.05, 0) is 31.0 Å². The highest BCUT2D eigenvalue weighted by Gasteiger charge is 2.61. The van der Waals surface area contributed by atoms with E-state index in [9.17, 15) is 5.11 Å². The third kappa shape index (κ3) is 2.98. The average molecular weight is 396 g/mol. The van der Waals surface area contributed by atoms with E-state index in [0.29, 0.717) is 11.8 Å². The topological polar surface area (TPSA) is 41.9 Å². The van der Waals surface area contributed by atoms with Gasteiger partial charge in [-0.1, -0.05) is 60.2 Å². The summed E-state index contributed by atoms with van der Waals surface area (Å²) in [5, 5.41) is 11.5. The van der Waals surface area contributed by atoms with E-state index in [4.69, 9.17) is 9.22 Å². The van der Waals surface area contributed by atoms with Gasteiger partial charge in [0.15, 0.2) is 5.75 Å². The highest BCUT2D eigenvalue weighted by molar-refractivity contribution is 7.95. The number of benzene rings is 2. The van der Waals surface area contributed by atoms with Crippen molar-refractivity contribution in [2.75, 3.05) is 6.54 Å². The van der Waals surface area contributed by atoms with Crippen molar-refractivity contribution in [1.82, 2.24) is 4.90 Å². The second-order valence-corrected chi connectivity index (χ2v) is 9.11. The van der Waals surface area contributed by atoms with Gasteiger partial charge < -0.3 is 9.99 Å². The van der Waals surface area contributed by atoms with Crippen LogP contribution in [0, 0.1) is 12.8 Å². The molecule has 0 spiro atoms. The van der Waals surface area contributed by atoms with Crippen molar-refractivity contribution < 1.29 is 14.3 Å². The number of aliphatic hydroxyl groups excluding tert-OH is 1. The maximum atomic E-state index is 11.2. The van der Waals surface area contributed by atoms with Crippen molar-refractivity contribution in [3.63, 3.8) is 0 Å². The van der Waals surface area contributed by atoms with Gasteiger partial charge in [-0.2, -0.15) is 0 Å². The van der Waals surface area contributed by atoms with Crippen LogP contribution >= 0.6 is 12.0 Å². The normalized spacial score (nSPS) is 35.9. The molecule has 0 amide bonds. The quantitative estimate of drug-likeness (QED) is 0.357. The van der Waals surface area contributed by atoms with Gasteiger partial charge in [0.05, 0.1) is 11.4 Å². The van der Waals surface area contributed by atoms with Crippen LogP contribution < -0.4 is 4.89 Å². The minimum atomic E-state index is -0.385. The molecule has 3 aliphatic rings. The zero-order valence-corrected chi connectivity index (χ0v) is 16.7. The van der Waals surface area contributed by atoms with Crippen LogP contribution in [0.2, 0.25) is 0 Å². The summed E-state index contributed by atoms with van der Waals surface area (Å²) in [7, 11) is 0. The summed E-state index contributed by atoms with van der Waals surface area (Å²) in [6.45, 7) is 7.34. The third-order valence-corrected chi connectivity index (χ3v) is 7.40. The Hall–Kier alpha value is -1.79. The Morgan fingerprint density at radius 1 is 1.07 bits per heavy atom. The summed E-state index contributed by atoms with van der Waals surface area (Å²) in [5.74, 6) is 1.04. The van der Waals surface area contributed by atoms with Crippen LogP contribution in [0.4, 0.5) is 0 Å². The van der Waals surface area contributed by atoms with Crippen molar-refractivity contribution in [2.45, 2.75) is 42.7 Å². The van der Waals surface area contributed by atoms with Crippen LogP contribution in [0.1, 0.15) is 23.5 Å². The monoisotopic (exact) mass is 395 g/mol. The lowest BCUT2D eigenvalue weighted by molar-refractivity contribution is -0.0789. The molecule has 7 atom stereocenters. The van der Waals surface area contributed by atoms with E-state index in [0.717, 1.165) is 13.0 Å². The second-order valence-electron chi connectivity index (χ2n) is 8.18. The van der Waals surface area contributed by atoms with Gasteiger partial charge in [0, 0.05) is 42.5 Å². The average Bonchev–Trinajstić information content (AvgIpc) is 3.14. The lowest BCUT2D eigenvalue weighted by Gasteiger charge is -2.41. The molecule has 3 saturated heterocycles. The number of piperidine rings is 1. The van der Waals surface area contributed by atoms with E-state index in [1.165, 1.54) is 28.7 Å². The zero-order chi connectivity index (χ0) is 19.3. The molecule has 4 bridgehead atoms. The van der Waals surface area contributed by atoms with Gasteiger partial charge in [0.1, 0.15) is 0 Å². The van der Waals surface area contributed by atoms with Crippen molar-refractivity contribution >= 4 is 12.0 Å². The summed E-state index contributed by atoms with van der Waals surface area (Å²) in [6.07, 6.45) is 0.518. The lowest BCUT2D eigenvalue weighted by Crippen LogP contribution is -2.51. The Morgan fingerprint density at radius 2 is 1.82 bits per heavy atom. The molecular formula is C23H25NO3S. The van der Waals surface area contributed by atoms with E-state index in [1.54, 1.807) is 0 Å². The van der Waals surface area contributed by atoms with Gasteiger partial charge in [0.25, 0.3) is 0 Å². The van der Waals surface area contributed by atoms with Gasteiger partial charge in [0.2, 0.25) is 0 Å². The van der Waals surface area contributed by atoms with Gasteiger partial charge in [-0.3, -0.25) is 4.90 Å². The first-order valence-corrected chi connectivity index (χ1v) is 10.7. The van der Waals surface area contributed by atoms with Crippen LogP contribution in [0.5, 0.6) is 5.75 Å². The smallest absolute Gasteiger partial charge is 0.166 e. The maximum Gasteiger partial charge on any atom is 0.166 e. The molecule has 2 aromatic rings. The van der Waals surface area contributed by atoms with E-state index in [1.807, 2.05) is 30.3 Å². The summed E-state index contributed by atoms with van der Waals surface area (Å²) < 4.78 is 5.54. The Labute approximate surface area is 170 Å². The molecule has 0 aliphatic carbocycles. The molecule has 0 aromatic heterocycles. The Kier molecular flexibility index (Phi) is 4.71. The largest absolute Gasteiger partial charge is 0.391 e. The van der Waals surface area contributed by atoms with E-state index in [2.05, 4.69) is 42.7 Å². The molecular weight excluding hydrogens is 370 g/mol. The van der Waals surface area contributed by atoms with Gasteiger partial charge in [-0.25, -0.2) is 0 Å². The summed E-state index contributed by atoms with van der Waals surface area (Å²) in [5.41, 5.74) is 3.68. The summed E-state index contributed by atoms with van der Waals surface area (Å²) in [6, 6.07) is 18.6. The van der Waals surface area contributed by atoms with E-state index >= 15 is 0 Å². The predicted octanol–water partition coefficient (Wildman–Crippen LogP) is 4.11. The molecule has 0 saturated carbocycles. The number of aryl methyl sites for hydroxylation is 1. The number of hydrogen-bond acceptors (Lipinski definition) is 5. The maximum absolute atomic E-state index is 11.2. The standard InChI is InChI=1S/C23H25NO3S/c1-14-8-10-16(11-9-14)21-20-15(2)13-24-18(23(21)25)12-19(22(20)24)28-27-26-17-6-4-3-5-7-17/h3-11,18-23,25H,2,12-13H2,1H3. The highest BCUT2D eigenvalue weighted by atomic mass is 32.2. The minimum absolute atomic E-state index is 0.0995. The van der Waals surface area contributed by atoms with Crippen molar-refractivity contribution in [3.8, 4) is 5.75 Å². The molecule has 146 valence electrons. The van der Waals surface area contributed by atoms with Crippen LogP contribution in [0.15, 0.2) is 66.7 Å². The van der Waals surface area contributed by atoms with Crippen LogP contribution in [-0.2, 0) is 4.33 Å². The van der Waals surface area contributed by atoms with Crippen molar-refractivity contribution in [1.29, 1.82) is 0 Å². The molecule has 3 fully saturated rings. The molecule has 3 aliphatic heterocycles. The lowest BCUT2D eigenvalue weighted by atomic mass is 9.74. The Balaban J connectivity index is 1.36. The zero-order valence-electron chi connectivity index (χ0n) is 15.9. The number of rotatable bonds is 5.